The fraction of sp³-hybridized carbons (Fsp3) is 0.278. The van der Waals surface area contributed by atoms with Crippen molar-refractivity contribution in [3.8, 4) is 11.4 Å². The minimum atomic E-state index is -0.650. The first kappa shape index (κ1) is 18.2. The van der Waals surface area contributed by atoms with Crippen molar-refractivity contribution < 1.29 is 9.59 Å². The second-order valence-electron chi connectivity index (χ2n) is 6.16. The largest absolute Gasteiger partial charge is 0.355 e. The lowest BCUT2D eigenvalue weighted by atomic mass is 10.0. The molecule has 0 aliphatic heterocycles. The first-order chi connectivity index (χ1) is 12.3. The zero-order chi connectivity index (χ0) is 19.0. The summed E-state index contributed by atoms with van der Waals surface area (Å²) in [4.78, 5) is 29.0. The van der Waals surface area contributed by atoms with Gasteiger partial charge in [-0.1, -0.05) is 15.9 Å². The smallest absolute Gasteiger partial charge is 0.205 e. The monoisotopic (exact) mass is 415 g/mol. The number of aromatic amines is 1. The molecule has 0 radical (unpaired) electrons. The number of halogens is 1. The molecule has 8 heteroatoms. The Balaban J connectivity index is 1.89. The van der Waals surface area contributed by atoms with Gasteiger partial charge in [0, 0.05) is 21.3 Å². The molecular formula is C18H18BrN5O2. The molecule has 1 aromatic carbocycles. The summed E-state index contributed by atoms with van der Waals surface area (Å²) in [5.74, 6) is 0.179. The highest BCUT2D eigenvalue weighted by Gasteiger charge is 2.26. The molecule has 0 bridgehead atoms. The molecule has 0 unspecified atom stereocenters. The van der Waals surface area contributed by atoms with Gasteiger partial charge in [-0.05, 0) is 62.7 Å². The van der Waals surface area contributed by atoms with Gasteiger partial charge in [-0.15, -0.1) is 10.2 Å². The molecule has 0 aliphatic rings. The highest BCUT2D eigenvalue weighted by atomic mass is 79.9. The normalized spacial score (nSPS) is 12.2. The van der Waals surface area contributed by atoms with Gasteiger partial charge in [0.1, 0.15) is 6.04 Å². The predicted molar refractivity (Wildman–Crippen MR) is 100 cm³/mol. The number of aryl methyl sites for hydroxylation is 1. The quantitative estimate of drug-likeness (QED) is 0.641. The average Bonchev–Trinajstić information content (AvgIpc) is 3.19. The molecule has 1 N–H and O–H groups in total. The van der Waals surface area contributed by atoms with Crippen LogP contribution in [0.25, 0.3) is 11.4 Å². The molecular weight excluding hydrogens is 398 g/mol. The number of hydrogen-bond acceptors (Lipinski definition) is 5. The number of nitrogens with one attached hydrogen (secondary N) is 1. The Morgan fingerprint density at radius 3 is 2.42 bits per heavy atom. The number of Topliss-reactive ketones (excluding diaryl/α,β-unsaturated/α-hetero) is 2. The van der Waals surface area contributed by atoms with Gasteiger partial charge in [-0.25, -0.2) is 0 Å². The van der Waals surface area contributed by atoms with Crippen molar-refractivity contribution in [3.63, 3.8) is 0 Å². The van der Waals surface area contributed by atoms with Crippen molar-refractivity contribution in [1.82, 2.24) is 25.2 Å². The van der Waals surface area contributed by atoms with Crippen LogP contribution < -0.4 is 0 Å². The number of hydrogen-bond donors (Lipinski definition) is 1. The molecule has 0 spiro atoms. The van der Waals surface area contributed by atoms with Crippen LogP contribution in [-0.2, 0) is 0 Å². The van der Waals surface area contributed by atoms with Crippen molar-refractivity contribution in [3.05, 3.63) is 51.3 Å². The van der Waals surface area contributed by atoms with E-state index in [2.05, 4.69) is 36.3 Å². The summed E-state index contributed by atoms with van der Waals surface area (Å²) in [7, 11) is 0. The van der Waals surface area contributed by atoms with E-state index in [0.29, 0.717) is 28.3 Å². The van der Waals surface area contributed by atoms with Crippen LogP contribution in [0.2, 0.25) is 0 Å². The van der Waals surface area contributed by atoms with Crippen molar-refractivity contribution in [1.29, 1.82) is 0 Å². The number of nitrogens with zero attached hydrogens (tertiary/aromatic N) is 4. The maximum Gasteiger partial charge on any atom is 0.205 e. The van der Waals surface area contributed by atoms with Crippen molar-refractivity contribution in [2.24, 2.45) is 0 Å². The molecule has 2 heterocycles. The van der Waals surface area contributed by atoms with Gasteiger partial charge < -0.3 is 4.98 Å². The molecule has 2 aromatic heterocycles. The zero-order valence-corrected chi connectivity index (χ0v) is 16.5. The third-order valence-corrected chi connectivity index (χ3v) is 4.82. The van der Waals surface area contributed by atoms with E-state index in [9.17, 15) is 9.59 Å². The average molecular weight is 416 g/mol. The third kappa shape index (κ3) is 3.24. The highest BCUT2D eigenvalue weighted by molar-refractivity contribution is 9.10. The summed E-state index contributed by atoms with van der Waals surface area (Å²) in [5, 5.41) is 12.4. The Kier molecular flexibility index (Phi) is 4.86. The number of rotatable bonds is 5. The first-order valence-electron chi connectivity index (χ1n) is 8.09. The number of carbonyl (C=O) groups excluding carboxylic acids is 2. The van der Waals surface area contributed by atoms with E-state index in [1.807, 2.05) is 24.3 Å². The van der Waals surface area contributed by atoms with E-state index in [1.54, 1.807) is 20.8 Å². The minimum absolute atomic E-state index is 0.0700. The fourth-order valence-corrected chi connectivity index (χ4v) is 3.21. The summed E-state index contributed by atoms with van der Waals surface area (Å²) in [6.45, 7) is 6.75. The van der Waals surface area contributed by atoms with Crippen LogP contribution >= 0.6 is 15.9 Å². The minimum Gasteiger partial charge on any atom is -0.355 e. The summed E-state index contributed by atoms with van der Waals surface area (Å²) in [6.07, 6.45) is 0. The van der Waals surface area contributed by atoms with E-state index < -0.39 is 6.04 Å². The number of benzene rings is 1. The number of aromatic nitrogens is 5. The summed E-state index contributed by atoms with van der Waals surface area (Å²) >= 11 is 3.38. The Morgan fingerprint density at radius 1 is 1.19 bits per heavy atom. The standard InChI is InChI=1S/C18H18BrN5O2/c1-9-15(12(4)25)10(2)20-16(9)17(26)11(3)24-22-18(21-23-24)13-5-7-14(19)8-6-13/h5-8,11,20H,1-4H3/t11-/m0/s1. The maximum atomic E-state index is 12.9. The lowest BCUT2D eigenvalue weighted by Crippen LogP contribution is -2.20. The van der Waals surface area contributed by atoms with Crippen LogP contribution in [0.5, 0.6) is 0 Å². The Morgan fingerprint density at radius 2 is 1.85 bits per heavy atom. The molecule has 134 valence electrons. The van der Waals surface area contributed by atoms with E-state index in [4.69, 9.17) is 0 Å². The SMILES string of the molecule is CC(=O)c1c(C)[nH]c(C(=O)[C@H](C)n2nnc(-c3ccc(Br)cc3)n2)c1C. The zero-order valence-electron chi connectivity index (χ0n) is 14.9. The molecule has 0 fully saturated rings. The topological polar surface area (TPSA) is 93.5 Å². The van der Waals surface area contributed by atoms with Crippen LogP contribution in [0.1, 0.15) is 52.0 Å². The molecule has 1 atom stereocenters. The van der Waals surface area contributed by atoms with Gasteiger partial charge in [-0.3, -0.25) is 9.59 Å². The van der Waals surface area contributed by atoms with E-state index in [0.717, 1.165) is 10.0 Å². The maximum absolute atomic E-state index is 12.9. The third-order valence-electron chi connectivity index (χ3n) is 4.29. The van der Waals surface area contributed by atoms with Crippen LogP contribution in [0, 0.1) is 13.8 Å². The number of H-pyrrole nitrogens is 1. The fourth-order valence-electron chi connectivity index (χ4n) is 2.94. The lowest BCUT2D eigenvalue weighted by molar-refractivity contribution is 0.0912. The summed E-state index contributed by atoms with van der Waals surface area (Å²) in [6, 6.07) is 6.87. The molecule has 3 aromatic rings. The van der Waals surface area contributed by atoms with Gasteiger partial charge in [0.05, 0.1) is 5.69 Å². The summed E-state index contributed by atoms with van der Waals surface area (Å²) < 4.78 is 0.955. The second kappa shape index (κ2) is 6.95. The number of tetrazole rings is 1. The molecule has 0 aliphatic carbocycles. The van der Waals surface area contributed by atoms with Gasteiger partial charge in [0.15, 0.2) is 5.78 Å². The van der Waals surface area contributed by atoms with E-state index >= 15 is 0 Å². The first-order valence-corrected chi connectivity index (χ1v) is 8.88. The molecule has 3 rings (SSSR count). The van der Waals surface area contributed by atoms with Gasteiger partial charge in [0.25, 0.3) is 0 Å². The van der Waals surface area contributed by atoms with Crippen molar-refractivity contribution in [2.45, 2.75) is 33.7 Å². The van der Waals surface area contributed by atoms with Crippen molar-refractivity contribution in [2.75, 3.05) is 0 Å². The molecule has 0 amide bonds. The van der Waals surface area contributed by atoms with Crippen LogP contribution in [-0.4, -0.2) is 36.8 Å². The van der Waals surface area contributed by atoms with Gasteiger partial charge in [-0.2, -0.15) is 4.80 Å². The van der Waals surface area contributed by atoms with Gasteiger partial charge >= 0.3 is 0 Å². The molecule has 0 saturated carbocycles. The van der Waals surface area contributed by atoms with E-state index in [-0.39, 0.29) is 11.6 Å². The molecule has 26 heavy (non-hydrogen) atoms. The Bertz CT molecular complexity index is 988. The highest BCUT2D eigenvalue weighted by Crippen LogP contribution is 2.23. The molecule has 7 nitrogen and oxygen atoms in total. The predicted octanol–water partition coefficient (Wildman–Crippen LogP) is 3.69. The number of carbonyl (C=O) groups is 2. The van der Waals surface area contributed by atoms with Crippen LogP contribution in [0.4, 0.5) is 0 Å². The molecule has 0 saturated heterocycles. The van der Waals surface area contributed by atoms with E-state index in [1.165, 1.54) is 11.7 Å². The van der Waals surface area contributed by atoms with Crippen LogP contribution in [0.15, 0.2) is 28.7 Å². The summed E-state index contributed by atoms with van der Waals surface area (Å²) in [5.41, 5.74) is 3.11. The lowest BCUT2D eigenvalue weighted by Gasteiger charge is -2.08. The Labute approximate surface area is 158 Å². The second-order valence-corrected chi connectivity index (χ2v) is 7.08. The van der Waals surface area contributed by atoms with Gasteiger partial charge in [0.2, 0.25) is 11.6 Å². The van der Waals surface area contributed by atoms with Crippen molar-refractivity contribution >= 4 is 27.5 Å². The number of ketones is 2. The van der Waals surface area contributed by atoms with Crippen LogP contribution in [0.3, 0.4) is 0 Å². The Hall–Kier alpha value is -2.61.